The van der Waals surface area contributed by atoms with E-state index in [0.717, 1.165) is 10.0 Å². The highest BCUT2D eigenvalue weighted by Gasteiger charge is 2.13. The van der Waals surface area contributed by atoms with E-state index in [0.29, 0.717) is 11.4 Å². The number of benzene rings is 1. The van der Waals surface area contributed by atoms with Crippen molar-refractivity contribution in [2.75, 3.05) is 0 Å². The van der Waals surface area contributed by atoms with Crippen LogP contribution in [0.3, 0.4) is 0 Å². The van der Waals surface area contributed by atoms with Gasteiger partial charge in [0.1, 0.15) is 0 Å². The summed E-state index contributed by atoms with van der Waals surface area (Å²) in [5.74, 6) is 0.412. The number of halogens is 1. The van der Waals surface area contributed by atoms with Crippen LogP contribution in [0.1, 0.15) is 21.7 Å². The molecule has 88 valence electrons. The van der Waals surface area contributed by atoms with E-state index in [1.165, 1.54) is 4.80 Å². The molecule has 6 heteroatoms. The molecule has 1 aromatic carbocycles. The standard InChI is InChI=1S/C11H11BrN4O/c1-7-3-4-8(9(12)5-7)10(17)6-11-13-15-16(2)14-11/h3-5H,6H2,1-2H3. The van der Waals surface area contributed by atoms with Crippen LogP contribution in [-0.4, -0.2) is 26.0 Å². The third-order valence-electron chi connectivity index (χ3n) is 2.29. The third kappa shape index (κ3) is 2.76. The van der Waals surface area contributed by atoms with E-state index in [9.17, 15) is 4.79 Å². The van der Waals surface area contributed by atoms with E-state index in [1.807, 2.05) is 19.1 Å². The highest BCUT2D eigenvalue weighted by molar-refractivity contribution is 9.10. The van der Waals surface area contributed by atoms with Gasteiger partial charge >= 0.3 is 0 Å². The van der Waals surface area contributed by atoms with Gasteiger partial charge in [-0.15, -0.1) is 10.2 Å². The number of ketones is 1. The summed E-state index contributed by atoms with van der Waals surface area (Å²) in [6.07, 6.45) is 0.162. The van der Waals surface area contributed by atoms with E-state index >= 15 is 0 Å². The van der Waals surface area contributed by atoms with E-state index in [2.05, 4.69) is 31.3 Å². The minimum atomic E-state index is -0.0233. The highest BCUT2D eigenvalue weighted by atomic mass is 79.9. The first-order valence-electron chi connectivity index (χ1n) is 5.08. The number of Topliss-reactive ketones (excluding diaryl/α,β-unsaturated/α-hetero) is 1. The van der Waals surface area contributed by atoms with Gasteiger partial charge in [0.25, 0.3) is 0 Å². The average Bonchev–Trinajstić information content (AvgIpc) is 2.63. The molecule has 17 heavy (non-hydrogen) atoms. The molecule has 1 aromatic heterocycles. The Morgan fingerprint density at radius 3 is 2.82 bits per heavy atom. The van der Waals surface area contributed by atoms with Crippen molar-refractivity contribution in [3.8, 4) is 0 Å². The summed E-state index contributed by atoms with van der Waals surface area (Å²) in [6.45, 7) is 1.98. The van der Waals surface area contributed by atoms with Crippen molar-refractivity contribution in [1.29, 1.82) is 0 Å². The Hall–Kier alpha value is -1.56. The van der Waals surface area contributed by atoms with Crippen LogP contribution in [0.25, 0.3) is 0 Å². The fourth-order valence-electron chi connectivity index (χ4n) is 1.48. The average molecular weight is 295 g/mol. The molecule has 0 bridgehead atoms. The lowest BCUT2D eigenvalue weighted by Crippen LogP contribution is -2.06. The molecule has 0 fully saturated rings. The number of carbonyl (C=O) groups is 1. The molecule has 2 rings (SSSR count). The molecule has 0 aliphatic rings. The Kier molecular flexibility index (Phi) is 3.33. The molecule has 0 saturated carbocycles. The number of carbonyl (C=O) groups excluding carboxylic acids is 1. The molecule has 0 amide bonds. The topological polar surface area (TPSA) is 60.7 Å². The number of hydrogen-bond acceptors (Lipinski definition) is 4. The molecule has 0 atom stereocenters. The minimum absolute atomic E-state index is 0.0233. The summed E-state index contributed by atoms with van der Waals surface area (Å²) in [4.78, 5) is 13.3. The first-order chi connectivity index (χ1) is 8.06. The van der Waals surface area contributed by atoms with E-state index in [4.69, 9.17) is 0 Å². The third-order valence-corrected chi connectivity index (χ3v) is 2.95. The predicted octanol–water partition coefficient (Wildman–Crippen LogP) is 1.71. The maximum Gasteiger partial charge on any atom is 0.182 e. The molecule has 0 saturated heterocycles. The molecule has 0 aliphatic carbocycles. The molecule has 0 N–H and O–H groups in total. The van der Waals surface area contributed by atoms with Gasteiger partial charge in [0.2, 0.25) is 0 Å². The lowest BCUT2D eigenvalue weighted by molar-refractivity contribution is 0.0990. The Labute approximate surface area is 107 Å². The lowest BCUT2D eigenvalue weighted by Gasteiger charge is -2.02. The van der Waals surface area contributed by atoms with Gasteiger partial charge in [-0.25, -0.2) is 0 Å². The second kappa shape index (κ2) is 4.75. The van der Waals surface area contributed by atoms with Gasteiger partial charge < -0.3 is 0 Å². The van der Waals surface area contributed by atoms with Crippen molar-refractivity contribution in [3.63, 3.8) is 0 Å². The Balaban J connectivity index is 2.20. The van der Waals surface area contributed by atoms with Crippen LogP contribution >= 0.6 is 15.9 Å². The molecule has 2 aromatic rings. The Morgan fingerprint density at radius 1 is 1.47 bits per heavy atom. The van der Waals surface area contributed by atoms with Gasteiger partial charge in [-0.05, 0) is 29.8 Å². The summed E-state index contributed by atoms with van der Waals surface area (Å²) in [7, 11) is 1.67. The number of rotatable bonds is 3. The van der Waals surface area contributed by atoms with E-state index < -0.39 is 0 Å². The van der Waals surface area contributed by atoms with Gasteiger partial charge in [0.15, 0.2) is 11.6 Å². The highest BCUT2D eigenvalue weighted by Crippen LogP contribution is 2.19. The predicted molar refractivity (Wildman–Crippen MR) is 65.7 cm³/mol. The molecule has 0 spiro atoms. The zero-order chi connectivity index (χ0) is 12.4. The SMILES string of the molecule is Cc1ccc(C(=O)Cc2nnn(C)n2)c(Br)c1. The summed E-state index contributed by atoms with van der Waals surface area (Å²) in [5, 5.41) is 11.5. The Bertz CT molecular complexity index is 564. The first kappa shape index (κ1) is 11.9. The maximum atomic E-state index is 12.0. The number of nitrogens with zero attached hydrogens (tertiary/aromatic N) is 4. The van der Waals surface area contributed by atoms with E-state index in [-0.39, 0.29) is 12.2 Å². The lowest BCUT2D eigenvalue weighted by atomic mass is 10.1. The van der Waals surface area contributed by atoms with Crippen LogP contribution in [0, 0.1) is 6.92 Å². The fraction of sp³-hybridized carbons (Fsp3) is 0.273. The maximum absolute atomic E-state index is 12.0. The van der Waals surface area contributed by atoms with Crippen molar-refractivity contribution < 1.29 is 4.79 Å². The zero-order valence-electron chi connectivity index (χ0n) is 9.51. The van der Waals surface area contributed by atoms with Crippen molar-refractivity contribution in [2.24, 2.45) is 7.05 Å². The van der Waals surface area contributed by atoms with Crippen molar-refractivity contribution in [3.05, 3.63) is 39.6 Å². The number of aryl methyl sites for hydroxylation is 2. The molecule has 5 nitrogen and oxygen atoms in total. The smallest absolute Gasteiger partial charge is 0.182 e. The molecule has 0 aliphatic heterocycles. The van der Waals surface area contributed by atoms with Gasteiger partial charge in [-0.2, -0.15) is 4.80 Å². The van der Waals surface area contributed by atoms with Crippen LogP contribution in [0.4, 0.5) is 0 Å². The van der Waals surface area contributed by atoms with Crippen LogP contribution < -0.4 is 0 Å². The fourth-order valence-corrected chi connectivity index (χ4v) is 2.19. The monoisotopic (exact) mass is 294 g/mol. The Morgan fingerprint density at radius 2 is 2.24 bits per heavy atom. The van der Waals surface area contributed by atoms with Crippen molar-refractivity contribution in [1.82, 2.24) is 20.2 Å². The number of tetrazole rings is 1. The summed E-state index contributed by atoms with van der Waals surface area (Å²) in [5.41, 5.74) is 1.74. The molecule has 0 unspecified atom stereocenters. The van der Waals surface area contributed by atoms with Gasteiger partial charge in [-0.1, -0.05) is 22.0 Å². The number of hydrogen-bond donors (Lipinski definition) is 0. The summed E-state index contributed by atoms with van der Waals surface area (Å²) < 4.78 is 0.798. The van der Waals surface area contributed by atoms with Crippen LogP contribution in [0.2, 0.25) is 0 Å². The van der Waals surface area contributed by atoms with Gasteiger partial charge in [-0.3, -0.25) is 4.79 Å². The molecule has 1 heterocycles. The molecule has 0 radical (unpaired) electrons. The largest absolute Gasteiger partial charge is 0.294 e. The second-order valence-electron chi connectivity index (χ2n) is 3.78. The minimum Gasteiger partial charge on any atom is -0.294 e. The molecular formula is C11H11BrN4O. The number of aromatic nitrogens is 4. The van der Waals surface area contributed by atoms with Crippen molar-refractivity contribution >= 4 is 21.7 Å². The quantitative estimate of drug-likeness (QED) is 0.809. The first-order valence-corrected chi connectivity index (χ1v) is 5.88. The van der Waals surface area contributed by atoms with E-state index in [1.54, 1.807) is 13.1 Å². The van der Waals surface area contributed by atoms with Gasteiger partial charge in [0, 0.05) is 10.0 Å². The summed E-state index contributed by atoms with van der Waals surface area (Å²) >= 11 is 3.38. The molecular weight excluding hydrogens is 284 g/mol. The normalized spacial score (nSPS) is 10.5. The van der Waals surface area contributed by atoms with Crippen molar-refractivity contribution in [2.45, 2.75) is 13.3 Å². The van der Waals surface area contributed by atoms with Gasteiger partial charge in [0.05, 0.1) is 13.5 Å². The second-order valence-corrected chi connectivity index (χ2v) is 4.63. The van der Waals surface area contributed by atoms with Crippen LogP contribution in [0.15, 0.2) is 22.7 Å². The van der Waals surface area contributed by atoms with Crippen LogP contribution in [0.5, 0.6) is 0 Å². The summed E-state index contributed by atoms with van der Waals surface area (Å²) in [6, 6.07) is 5.62. The van der Waals surface area contributed by atoms with Crippen LogP contribution in [-0.2, 0) is 13.5 Å². The zero-order valence-corrected chi connectivity index (χ0v) is 11.1.